The first kappa shape index (κ1) is 24.3. The van der Waals surface area contributed by atoms with Crippen LogP contribution >= 0.6 is 11.3 Å². The first-order valence-electron chi connectivity index (χ1n) is 12.2. The third kappa shape index (κ3) is 5.85. The third-order valence-electron chi connectivity index (χ3n) is 6.38. The molecule has 0 aliphatic carbocycles. The first-order valence-corrected chi connectivity index (χ1v) is 13.0. The molecule has 1 aromatic heterocycles. The molecule has 0 saturated carbocycles. The van der Waals surface area contributed by atoms with Gasteiger partial charge in [-0.05, 0) is 51.6 Å². The van der Waals surface area contributed by atoms with E-state index in [0.717, 1.165) is 17.5 Å². The lowest BCUT2D eigenvalue weighted by Gasteiger charge is -2.29. The Morgan fingerprint density at radius 1 is 0.972 bits per heavy atom. The maximum Gasteiger partial charge on any atom is 0.286 e. The van der Waals surface area contributed by atoms with Crippen molar-refractivity contribution in [3.05, 3.63) is 118 Å². The van der Waals surface area contributed by atoms with Crippen LogP contribution in [0.2, 0.25) is 0 Å². The molecule has 36 heavy (non-hydrogen) atoms. The zero-order valence-corrected chi connectivity index (χ0v) is 20.7. The quantitative estimate of drug-likeness (QED) is 0.311. The van der Waals surface area contributed by atoms with E-state index in [9.17, 15) is 9.90 Å². The monoisotopic (exact) mass is 499 g/mol. The number of aliphatic hydroxyl groups is 1. The van der Waals surface area contributed by atoms with E-state index in [1.165, 1.54) is 21.2 Å². The summed E-state index contributed by atoms with van der Waals surface area (Å²) in [6.07, 6.45) is 2.76. The summed E-state index contributed by atoms with van der Waals surface area (Å²) >= 11 is 1.71. The first-order chi connectivity index (χ1) is 17.7. The molecule has 1 amide bonds. The average molecular weight is 500 g/mol. The lowest BCUT2D eigenvalue weighted by atomic mass is 9.92. The van der Waals surface area contributed by atoms with E-state index in [-0.39, 0.29) is 18.4 Å². The second kappa shape index (κ2) is 11.5. The maximum atomic E-state index is 13.1. The molecule has 4 aromatic rings. The van der Waals surface area contributed by atoms with Gasteiger partial charge >= 0.3 is 0 Å². The fraction of sp³-hybridized carbons (Fsp3) is 0.233. The molecule has 2 N–H and O–H groups in total. The number of fused-ring (bicyclic) bond motifs is 1. The SMILES string of the molecule is O=C(NCCc1ccccc1)C1=C[C@H](c2csc3ccccc23)C[C@H](OCc2ccc(CO)cc2)O1. The van der Waals surface area contributed by atoms with Gasteiger partial charge < -0.3 is 19.9 Å². The molecule has 5 nitrogen and oxygen atoms in total. The number of allylic oxidation sites excluding steroid dienone is 1. The Morgan fingerprint density at radius 2 is 1.72 bits per heavy atom. The van der Waals surface area contributed by atoms with Crippen molar-refractivity contribution in [1.29, 1.82) is 0 Å². The van der Waals surface area contributed by atoms with Gasteiger partial charge in [-0.15, -0.1) is 11.3 Å². The number of rotatable bonds is 9. The summed E-state index contributed by atoms with van der Waals surface area (Å²) < 4.78 is 13.4. The Bertz CT molecular complexity index is 1330. The summed E-state index contributed by atoms with van der Waals surface area (Å²) in [5.74, 6) is 0.0813. The fourth-order valence-corrected chi connectivity index (χ4v) is 5.43. The topological polar surface area (TPSA) is 67.8 Å². The summed E-state index contributed by atoms with van der Waals surface area (Å²) in [6.45, 7) is 0.894. The fourth-order valence-electron chi connectivity index (χ4n) is 4.40. The highest BCUT2D eigenvalue weighted by atomic mass is 32.1. The van der Waals surface area contributed by atoms with Gasteiger partial charge in [-0.3, -0.25) is 4.79 Å². The molecule has 0 saturated heterocycles. The summed E-state index contributed by atoms with van der Waals surface area (Å²) in [7, 11) is 0. The Balaban J connectivity index is 1.31. The van der Waals surface area contributed by atoms with Gasteiger partial charge in [-0.25, -0.2) is 0 Å². The lowest BCUT2D eigenvalue weighted by Crippen LogP contribution is -2.33. The molecule has 5 rings (SSSR count). The molecule has 2 atom stereocenters. The highest BCUT2D eigenvalue weighted by molar-refractivity contribution is 7.17. The summed E-state index contributed by atoms with van der Waals surface area (Å²) in [5.41, 5.74) is 4.20. The van der Waals surface area contributed by atoms with Crippen molar-refractivity contribution >= 4 is 27.3 Å². The molecule has 184 valence electrons. The minimum absolute atomic E-state index is 0.00605. The van der Waals surface area contributed by atoms with Crippen molar-refractivity contribution in [1.82, 2.24) is 5.32 Å². The molecule has 0 unspecified atom stereocenters. The van der Waals surface area contributed by atoms with Crippen molar-refractivity contribution in [2.24, 2.45) is 0 Å². The van der Waals surface area contributed by atoms with Crippen LogP contribution in [0.3, 0.4) is 0 Å². The van der Waals surface area contributed by atoms with Crippen molar-refractivity contribution in [2.75, 3.05) is 6.54 Å². The summed E-state index contributed by atoms with van der Waals surface area (Å²) in [5, 5.41) is 15.6. The number of hydrogen-bond donors (Lipinski definition) is 2. The molecule has 6 heteroatoms. The van der Waals surface area contributed by atoms with Gasteiger partial charge in [0, 0.05) is 23.6 Å². The zero-order valence-electron chi connectivity index (χ0n) is 19.9. The van der Waals surface area contributed by atoms with Crippen LogP contribution in [0.15, 0.2) is 96.1 Å². The molecule has 3 aromatic carbocycles. The molecule has 0 fully saturated rings. The molecule has 0 radical (unpaired) electrons. The summed E-state index contributed by atoms with van der Waals surface area (Å²) in [4.78, 5) is 13.1. The lowest BCUT2D eigenvalue weighted by molar-refractivity contribution is -0.150. The second-order valence-corrected chi connectivity index (χ2v) is 9.80. The van der Waals surface area contributed by atoms with E-state index in [2.05, 4.69) is 35.0 Å². The number of carbonyl (C=O) groups is 1. The van der Waals surface area contributed by atoms with E-state index < -0.39 is 6.29 Å². The number of benzene rings is 3. The van der Waals surface area contributed by atoms with Crippen LogP contribution in [0.5, 0.6) is 0 Å². The minimum atomic E-state index is -0.550. The Kier molecular flexibility index (Phi) is 7.76. The van der Waals surface area contributed by atoms with Gasteiger partial charge in [-0.1, -0.05) is 72.8 Å². The van der Waals surface area contributed by atoms with E-state index in [4.69, 9.17) is 9.47 Å². The van der Waals surface area contributed by atoms with Crippen molar-refractivity contribution in [3.63, 3.8) is 0 Å². The number of hydrogen-bond acceptors (Lipinski definition) is 5. The Labute approximate surface area is 215 Å². The van der Waals surface area contributed by atoms with Gasteiger partial charge in [0.05, 0.1) is 13.2 Å². The average Bonchev–Trinajstić information content (AvgIpc) is 3.37. The smallest absolute Gasteiger partial charge is 0.286 e. The number of ether oxygens (including phenoxy) is 2. The second-order valence-electron chi connectivity index (χ2n) is 8.88. The van der Waals surface area contributed by atoms with Crippen molar-refractivity contribution in [3.8, 4) is 0 Å². The molecule has 1 aliphatic heterocycles. The van der Waals surface area contributed by atoms with E-state index in [1.807, 2.05) is 60.7 Å². The standard InChI is InChI=1S/C30H29NO4S/c32-18-22-10-12-23(13-11-22)19-34-29-17-24(26-20-36-28-9-5-4-8-25(26)28)16-27(35-29)30(33)31-15-14-21-6-2-1-3-7-21/h1-13,16,20,24,29,32H,14-15,17-19H2,(H,31,33)/t24-,29+/m0/s1. The normalized spacial score (nSPS) is 17.4. The zero-order chi connectivity index (χ0) is 24.7. The number of carbonyl (C=O) groups excluding carboxylic acids is 1. The molecule has 2 heterocycles. The molecule has 1 aliphatic rings. The predicted octanol–water partition coefficient (Wildman–Crippen LogP) is 5.68. The van der Waals surface area contributed by atoms with Gasteiger partial charge in [0.2, 0.25) is 6.29 Å². The summed E-state index contributed by atoms with van der Waals surface area (Å²) in [6, 6.07) is 26.1. The number of amides is 1. The van der Waals surface area contributed by atoms with Crippen LogP contribution < -0.4 is 5.32 Å². The van der Waals surface area contributed by atoms with Gasteiger partial charge in [-0.2, -0.15) is 0 Å². The highest BCUT2D eigenvalue weighted by Gasteiger charge is 2.30. The van der Waals surface area contributed by atoms with E-state index in [0.29, 0.717) is 25.3 Å². The van der Waals surface area contributed by atoms with Crippen molar-refractivity contribution in [2.45, 2.75) is 38.3 Å². The van der Waals surface area contributed by atoms with Crippen LogP contribution in [-0.4, -0.2) is 23.8 Å². The van der Waals surface area contributed by atoms with Crippen molar-refractivity contribution < 1.29 is 19.4 Å². The van der Waals surface area contributed by atoms with Crippen LogP contribution in [0, 0.1) is 0 Å². The van der Waals surface area contributed by atoms with Gasteiger partial charge in [0.15, 0.2) is 5.76 Å². The van der Waals surface area contributed by atoms with Crippen LogP contribution in [0.1, 0.15) is 34.6 Å². The molecular formula is C30H29NO4S. The van der Waals surface area contributed by atoms with Crippen LogP contribution in [0.25, 0.3) is 10.1 Å². The minimum Gasteiger partial charge on any atom is -0.459 e. The Morgan fingerprint density at radius 3 is 2.53 bits per heavy atom. The molecule has 0 bridgehead atoms. The highest BCUT2D eigenvalue weighted by Crippen LogP contribution is 2.38. The largest absolute Gasteiger partial charge is 0.459 e. The van der Waals surface area contributed by atoms with E-state index >= 15 is 0 Å². The maximum absolute atomic E-state index is 13.1. The van der Waals surface area contributed by atoms with Crippen LogP contribution in [-0.2, 0) is 33.9 Å². The number of thiophene rings is 1. The van der Waals surface area contributed by atoms with Gasteiger partial charge in [0.25, 0.3) is 5.91 Å². The van der Waals surface area contributed by atoms with E-state index in [1.54, 1.807) is 11.3 Å². The van der Waals surface area contributed by atoms with Gasteiger partial charge in [0.1, 0.15) is 0 Å². The van der Waals surface area contributed by atoms with Crippen LogP contribution in [0.4, 0.5) is 0 Å². The Hall–Kier alpha value is -3.45. The number of nitrogens with one attached hydrogen (secondary N) is 1. The predicted molar refractivity (Wildman–Crippen MR) is 142 cm³/mol. The number of aliphatic hydroxyl groups excluding tert-OH is 1. The third-order valence-corrected chi connectivity index (χ3v) is 7.36. The molecular weight excluding hydrogens is 470 g/mol. The molecule has 0 spiro atoms.